The molecule has 0 aliphatic heterocycles. The van der Waals surface area contributed by atoms with Crippen LogP contribution in [-0.2, 0) is 4.74 Å². The molecule has 0 aromatic rings. The molecule has 0 bridgehead atoms. The maximum Gasteiger partial charge on any atom is 0.0907 e. The van der Waals surface area contributed by atoms with Gasteiger partial charge in [0.1, 0.15) is 0 Å². The molecule has 0 heterocycles. The number of hydrogen-bond donors (Lipinski definition) is 1. The molecule has 3 unspecified atom stereocenters. The van der Waals surface area contributed by atoms with Gasteiger partial charge in [-0.25, -0.2) is 0 Å². The van der Waals surface area contributed by atoms with Crippen molar-refractivity contribution in [2.45, 2.75) is 45.6 Å². The Labute approximate surface area is 81.3 Å². The van der Waals surface area contributed by atoms with Crippen LogP contribution in [0.5, 0.6) is 0 Å². The minimum atomic E-state index is -0.562. The summed E-state index contributed by atoms with van der Waals surface area (Å²) in [6.45, 7) is 7.54. The molecule has 0 aromatic heterocycles. The van der Waals surface area contributed by atoms with Crippen LogP contribution >= 0.6 is 0 Å². The first-order chi connectivity index (χ1) is 6.10. The van der Waals surface area contributed by atoms with Gasteiger partial charge in [-0.3, -0.25) is 0 Å². The molecule has 2 nitrogen and oxygen atoms in total. The van der Waals surface area contributed by atoms with Crippen molar-refractivity contribution in [3.05, 3.63) is 0 Å². The van der Waals surface area contributed by atoms with Gasteiger partial charge in [0.15, 0.2) is 0 Å². The highest BCUT2D eigenvalue weighted by atomic mass is 16.5. The summed E-state index contributed by atoms with van der Waals surface area (Å²) in [6.07, 6.45) is 3.28. The molecule has 0 amide bonds. The molecule has 2 heteroatoms. The summed E-state index contributed by atoms with van der Waals surface area (Å²) in [5.74, 6) is 0.993. The molecule has 1 rings (SSSR count). The Morgan fingerprint density at radius 3 is 2.77 bits per heavy atom. The van der Waals surface area contributed by atoms with E-state index in [1.54, 1.807) is 0 Å². The van der Waals surface area contributed by atoms with Gasteiger partial charge in [0.2, 0.25) is 0 Å². The molecule has 1 fully saturated rings. The summed E-state index contributed by atoms with van der Waals surface area (Å²) in [7, 11) is 0. The second kappa shape index (κ2) is 4.43. The lowest BCUT2D eigenvalue weighted by atomic mass is 9.71. The maximum absolute atomic E-state index is 10.3. The minimum absolute atomic E-state index is 0.368. The highest BCUT2D eigenvalue weighted by Crippen LogP contribution is 2.37. The van der Waals surface area contributed by atoms with Crippen molar-refractivity contribution in [3.8, 4) is 0 Å². The minimum Gasteiger partial charge on any atom is -0.387 e. The van der Waals surface area contributed by atoms with E-state index in [0.717, 1.165) is 12.8 Å². The SMILES string of the molecule is CCOCC1(O)CCCC(C)C1C. The molecular formula is C11H22O2. The summed E-state index contributed by atoms with van der Waals surface area (Å²) in [6, 6.07) is 0. The molecule has 1 N–H and O–H groups in total. The standard InChI is InChI=1S/C11H22O2/c1-4-13-8-11(12)7-5-6-9(2)10(11)3/h9-10,12H,4-8H2,1-3H3. The van der Waals surface area contributed by atoms with Crippen LogP contribution in [0.3, 0.4) is 0 Å². The van der Waals surface area contributed by atoms with Crippen molar-refractivity contribution < 1.29 is 9.84 Å². The van der Waals surface area contributed by atoms with Crippen LogP contribution in [0.2, 0.25) is 0 Å². The Kier molecular flexibility index (Phi) is 3.74. The van der Waals surface area contributed by atoms with E-state index in [2.05, 4.69) is 13.8 Å². The summed E-state index contributed by atoms with van der Waals surface area (Å²) in [4.78, 5) is 0. The average molecular weight is 186 g/mol. The second-order valence-electron chi connectivity index (χ2n) is 4.40. The fraction of sp³-hybridized carbons (Fsp3) is 1.00. The number of ether oxygens (including phenoxy) is 1. The van der Waals surface area contributed by atoms with E-state index in [1.165, 1.54) is 6.42 Å². The molecule has 1 aliphatic carbocycles. The molecular weight excluding hydrogens is 164 g/mol. The van der Waals surface area contributed by atoms with Gasteiger partial charge in [-0.15, -0.1) is 0 Å². The van der Waals surface area contributed by atoms with E-state index >= 15 is 0 Å². The third-order valence-electron chi connectivity index (χ3n) is 3.53. The van der Waals surface area contributed by atoms with Crippen LogP contribution in [0, 0.1) is 11.8 Å². The highest BCUT2D eigenvalue weighted by Gasteiger charge is 2.39. The summed E-state index contributed by atoms with van der Waals surface area (Å²) >= 11 is 0. The van der Waals surface area contributed by atoms with Crippen LogP contribution in [0.25, 0.3) is 0 Å². The molecule has 0 aromatic carbocycles. The van der Waals surface area contributed by atoms with E-state index in [-0.39, 0.29) is 0 Å². The monoisotopic (exact) mass is 186 g/mol. The zero-order valence-electron chi connectivity index (χ0n) is 9.05. The first-order valence-corrected chi connectivity index (χ1v) is 5.40. The van der Waals surface area contributed by atoms with Crippen molar-refractivity contribution in [1.82, 2.24) is 0 Å². The Bertz CT molecular complexity index is 158. The first kappa shape index (κ1) is 11.0. The largest absolute Gasteiger partial charge is 0.387 e. The Morgan fingerprint density at radius 2 is 2.15 bits per heavy atom. The predicted octanol–water partition coefficient (Wildman–Crippen LogP) is 2.21. The third kappa shape index (κ3) is 2.44. The summed E-state index contributed by atoms with van der Waals surface area (Å²) in [5.41, 5.74) is -0.562. The van der Waals surface area contributed by atoms with Gasteiger partial charge in [0, 0.05) is 6.61 Å². The molecule has 78 valence electrons. The lowest BCUT2D eigenvalue weighted by Gasteiger charge is -2.41. The summed E-state index contributed by atoms with van der Waals surface area (Å²) in [5, 5.41) is 10.3. The lowest BCUT2D eigenvalue weighted by Crippen LogP contribution is -2.46. The van der Waals surface area contributed by atoms with Crippen molar-refractivity contribution in [2.24, 2.45) is 11.8 Å². The zero-order chi connectivity index (χ0) is 9.90. The normalized spacial score (nSPS) is 40.6. The third-order valence-corrected chi connectivity index (χ3v) is 3.53. The van der Waals surface area contributed by atoms with Crippen molar-refractivity contribution in [2.75, 3.05) is 13.2 Å². The molecule has 3 atom stereocenters. The van der Waals surface area contributed by atoms with Crippen LogP contribution < -0.4 is 0 Å². The average Bonchev–Trinajstić information content (AvgIpc) is 2.11. The quantitative estimate of drug-likeness (QED) is 0.732. The smallest absolute Gasteiger partial charge is 0.0907 e. The second-order valence-corrected chi connectivity index (χ2v) is 4.40. The van der Waals surface area contributed by atoms with Gasteiger partial charge in [0.05, 0.1) is 12.2 Å². The number of aliphatic hydroxyl groups is 1. The van der Waals surface area contributed by atoms with Gasteiger partial charge in [0.25, 0.3) is 0 Å². The van der Waals surface area contributed by atoms with E-state index in [9.17, 15) is 5.11 Å². The van der Waals surface area contributed by atoms with Crippen LogP contribution in [0.1, 0.15) is 40.0 Å². The zero-order valence-corrected chi connectivity index (χ0v) is 9.05. The Balaban J connectivity index is 2.53. The predicted molar refractivity (Wildman–Crippen MR) is 53.6 cm³/mol. The van der Waals surface area contributed by atoms with Gasteiger partial charge in [-0.2, -0.15) is 0 Å². The van der Waals surface area contributed by atoms with Crippen LogP contribution in [-0.4, -0.2) is 23.9 Å². The maximum atomic E-state index is 10.3. The van der Waals surface area contributed by atoms with Crippen molar-refractivity contribution >= 4 is 0 Å². The first-order valence-electron chi connectivity index (χ1n) is 5.40. The topological polar surface area (TPSA) is 29.5 Å². The van der Waals surface area contributed by atoms with Gasteiger partial charge in [-0.05, 0) is 25.2 Å². The Hall–Kier alpha value is -0.0800. The Morgan fingerprint density at radius 1 is 1.46 bits per heavy atom. The molecule has 1 saturated carbocycles. The van der Waals surface area contributed by atoms with Gasteiger partial charge >= 0.3 is 0 Å². The highest BCUT2D eigenvalue weighted by molar-refractivity contribution is 4.90. The fourth-order valence-electron chi connectivity index (χ4n) is 2.22. The molecule has 1 aliphatic rings. The summed E-state index contributed by atoms with van der Waals surface area (Å²) < 4.78 is 5.34. The lowest BCUT2D eigenvalue weighted by molar-refractivity contribution is -0.113. The molecule has 13 heavy (non-hydrogen) atoms. The van der Waals surface area contributed by atoms with Crippen molar-refractivity contribution in [1.29, 1.82) is 0 Å². The molecule has 0 spiro atoms. The van der Waals surface area contributed by atoms with Gasteiger partial charge in [-0.1, -0.05) is 26.7 Å². The van der Waals surface area contributed by atoms with Crippen molar-refractivity contribution in [3.63, 3.8) is 0 Å². The van der Waals surface area contributed by atoms with E-state index < -0.39 is 5.60 Å². The van der Waals surface area contributed by atoms with E-state index in [1.807, 2.05) is 6.92 Å². The molecule has 0 saturated heterocycles. The van der Waals surface area contributed by atoms with Gasteiger partial charge < -0.3 is 9.84 Å². The van der Waals surface area contributed by atoms with E-state index in [4.69, 9.17) is 4.74 Å². The fourth-order valence-corrected chi connectivity index (χ4v) is 2.22. The number of rotatable bonds is 3. The van der Waals surface area contributed by atoms with Crippen LogP contribution in [0.15, 0.2) is 0 Å². The molecule has 0 radical (unpaired) electrons. The van der Waals surface area contributed by atoms with Crippen LogP contribution in [0.4, 0.5) is 0 Å². The van der Waals surface area contributed by atoms with E-state index in [0.29, 0.717) is 25.0 Å². The number of hydrogen-bond acceptors (Lipinski definition) is 2.